The Hall–Kier alpha value is -3.31. The van der Waals surface area contributed by atoms with E-state index < -0.39 is 5.82 Å². The van der Waals surface area contributed by atoms with Gasteiger partial charge in [0.15, 0.2) is 6.29 Å². The molecule has 0 aliphatic carbocycles. The Kier molecular flexibility index (Phi) is 5.35. The van der Waals surface area contributed by atoms with Crippen LogP contribution < -0.4 is 0 Å². The van der Waals surface area contributed by atoms with Crippen molar-refractivity contribution in [2.24, 2.45) is 0 Å². The summed E-state index contributed by atoms with van der Waals surface area (Å²) in [7, 11) is 0. The van der Waals surface area contributed by atoms with E-state index in [1.807, 2.05) is 23.0 Å². The Morgan fingerprint density at radius 1 is 1.06 bits per heavy atom. The lowest BCUT2D eigenvalue weighted by atomic mass is 9.89. The zero-order valence-corrected chi connectivity index (χ0v) is 17.2. The highest BCUT2D eigenvalue weighted by Gasteiger charge is 2.24. The smallest absolute Gasteiger partial charge is 0.152 e. The third kappa shape index (κ3) is 3.89. The summed E-state index contributed by atoms with van der Waals surface area (Å²) in [6.45, 7) is 3.08. The van der Waals surface area contributed by atoms with E-state index in [1.54, 1.807) is 6.07 Å². The van der Waals surface area contributed by atoms with Gasteiger partial charge in [-0.1, -0.05) is 30.3 Å². The number of carbonyl (C=O) groups is 1. The lowest BCUT2D eigenvalue weighted by Gasteiger charge is -2.32. The van der Waals surface area contributed by atoms with Crippen LogP contribution in [0.2, 0.25) is 0 Å². The van der Waals surface area contributed by atoms with Crippen molar-refractivity contribution in [2.45, 2.75) is 25.3 Å². The third-order valence-electron chi connectivity index (χ3n) is 6.29. The summed E-state index contributed by atoms with van der Waals surface area (Å²) in [5.41, 5.74) is 4.59. The molecule has 5 heteroatoms. The van der Waals surface area contributed by atoms with Crippen LogP contribution in [-0.2, 0) is 6.54 Å². The van der Waals surface area contributed by atoms with Gasteiger partial charge in [0.05, 0.1) is 17.4 Å². The number of likely N-dealkylation sites (tertiary alicyclic amines) is 1. The maximum atomic E-state index is 13.7. The first-order valence-corrected chi connectivity index (χ1v) is 10.7. The number of hydrogen-bond acceptors (Lipinski definition) is 3. The molecule has 4 nitrogen and oxygen atoms in total. The van der Waals surface area contributed by atoms with Crippen molar-refractivity contribution in [3.05, 3.63) is 95.7 Å². The molecule has 31 heavy (non-hydrogen) atoms. The minimum Gasteiger partial charge on any atom is -0.314 e. The molecule has 2 aromatic heterocycles. The van der Waals surface area contributed by atoms with Crippen molar-refractivity contribution in [3.8, 4) is 5.69 Å². The monoisotopic (exact) mass is 413 g/mol. The molecule has 0 bridgehead atoms. The highest BCUT2D eigenvalue weighted by Crippen LogP contribution is 2.36. The average Bonchev–Trinajstić information content (AvgIpc) is 3.20. The van der Waals surface area contributed by atoms with Gasteiger partial charge in [0, 0.05) is 29.9 Å². The molecule has 1 aliphatic rings. The van der Waals surface area contributed by atoms with E-state index in [4.69, 9.17) is 0 Å². The predicted molar refractivity (Wildman–Crippen MR) is 120 cm³/mol. The van der Waals surface area contributed by atoms with Crippen LogP contribution in [0, 0.1) is 5.82 Å². The first kappa shape index (κ1) is 19.6. The fraction of sp³-hybridized carbons (Fsp3) is 0.231. The van der Waals surface area contributed by atoms with Gasteiger partial charge in [0.25, 0.3) is 0 Å². The number of nitrogens with zero attached hydrogens (tertiary/aromatic N) is 3. The molecule has 5 rings (SSSR count). The van der Waals surface area contributed by atoms with Gasteiger partial charge in [-0.05, 0) is 67.2 Å². The van der Waals surface area contributed by atoms with Crippen LogP contribution in [0.5, 0.6) is 0 Å². The number of rotatable bonds is 5. The standard InChI is InChI=1S/C26H24FN3O/c27-22-6-7-25(21(14-22)18-31)30-17-24(23-8-11-28-15-26(23)30)20-9-12-29(13-10-20)16-19-4-2-1-3-5-19/h1-8,11,14-15,17-18,20H,9-10,12-13,16H2. The van der Waals surface area contributed by atoms with Gasteiger partial charge in [-0.25, -0.2) is 4.39 Å². The maximum absolute atomic E-state index is 13.7. The van der Waals surface area contributed by atoms with Gasteiger partial charge >= 0.3 is 0 Å². The van der Waals surface area contributed by atoms with E-state index in [0.29, 0.717) is 23.5 Å². The first-order chi connectivity index (χ1) is 15.2. The maximum Gasteiger partial charge on any atom is 0.152 e. The molecule has 4 aromatic rings. The average molecular weight is 413 g/mol. The van der Waals surface area contributed by atoms with Gasteiger partial charge in [-0.15, -0.1) is 0 Å². The quantitative estimate of drug-likeness (QED) is 0.414. The molecule has 0 radical (unpaired) electrons. The highest BCUT2D eigenvalue weighted by molar-refractivity contribution is 5.88. The number of aromatic nitrogens is 2. The minimum absolute atomic E-state index is 0.338. The molecule has 0 unspecified atom stereocenters. The molecule has 0 N–H and O–H groups in total. The zero-order valence-electron chi connectivity index (χ0n) is 17.2. The van der Waals surface area contributed by atoms with Gasteiger partial charge in [-0.3, -0.25) is 14.7 Å². The van der Waals surface area contributed by atoms with E-state index in [1.165, 1.54) is 23.3 Å². The Bertz CT molecular complexity index is 1210. The van der Waals surface area contributed by atoms with Gasteiger partial charge in [-0.2, -0.15) is 0 Å². The molecule has 1 aliphatic heterocycles. The molecule has 2 aromatic carbocycles. The third-order valence-corrected chi connectivity index (χ3v) is 6.29. The van der Waals surface area contributed by atoms with E-state index in [-0.39, 0.29) is 0 Å². The molecule has 0 spiro atoms. The summed E-state index contributed by atoms with van der Waals surface area (Å²) in [4.78, 5) is 18.4. The summed E-state index contributed by atoms with van der Waals surface area (Å²) in [6, 6.07) is 17.0. The molecular weight excluding hydrogens is 389 g/mol. The number of aldehydes is 1. The van der Waals surface area contributed by atoms with E-state index in [9.17, 15) is 9.18 Å². The van der Waals surface area contributed by atoms with Gasteiger partial charge < -0.3 is 4.57 Å². The fourth-order valence-electron chi connectivity index (χ4n) is 4.71. The first-order valence-electron chi connectivity index (χ1n) is 10.7. The zero-order chi connectivity index (χ0) is 21.2. The molecule has 1 fully saturated rings. The van der Waals surface area contributed by atoms with Gasteiger partial charge in [0.1, 0.15) is 5.82 Å². The van der Waals surface area contributed by atoms with Crippen LogP contribution in [0.15, 0.2) is 73.2 Å². The molecule has 0 amide bonds. The molecule has 3 heterocycles. The lowest BCUT2D eigenvalue weighted by molar-refractivity contribution is 0.112. The molecule has 0 saturated carbocycles. The van der Waals surface area contributed by atoms with Crippen LogP contribution in [-0.4, -0.2) is 33.8 Å². The van der Waals surface area contributed by atoms with E-state index in [2.05, 4.69) is 46.4 Å². The number of hydrogen-bond donors (Lipinski definition) is 0. The second-order valence-corrected chi connectivity index (χ2v) is 8.20. The SMILES string of the molecule is O=Cc1cc(F)ccc1-n1cc(C2CCN(Cc3ccccc3)CC2)c2ccncc21. The number of halogens is 1. The van der Waals surface area contributed by atoms with Gasteiger partial charge in [0.2, 0.25) is 0 Å². The summed E-state index contributed by atoms with van der Waals surface area (Å²) in [6.07, 6.45) is 8.62. The van der Waals surface area contributed by atoms with Crippen LogP contribution in [0.1, 0.15) is 40.2 Å². The minimum atomic E-state index is -0.411. The Morgan fingerprint density at radius 3 is 2.65 bits per heavy atom. The molecule has 156 valence electrons. The summed E-state index contributed by atoms with van der Waals surface area (Å²) in [5.74, 6) is 0.0322. The van der Waals surface area contributed by atoms with E-state index in [0.717, 1.165) is 43.4 Å². The molecule has 0 atom stereocenters. The van der Waals surface area contributed by atoms with Crippen molar-refractivity contribution in [1.82, 2.24) is 14.5 Å². The molecular formula is C26H24FN3O. The predicted octanol–water partition coefficient (Wildman–Crippen LogP) is 5.36. The Morgan fingerprint density at radius 2 is 1.87 bits per heavy atom. The van der Waals surface area contributed by atoms with Crippen molar-refractivity contribution < 1.29 is 9.18 Å². The summed E-state index contributed by atoms with van der Waals surface area (Å²) >= 11 is 0. The van der Waals surface area contributed by atoms with Crippen molar-refractivity contribution in [2.75, 3.05) is 13.1 Å². The van der Waals surface area contributed by atoms with E-state index >= 15 is 0 Å². The number of pyridine rings is 1. The lowest BCUT2D eigenvalue weighted by Crippen LogP contribution is -2.32. The summed E-state index contributed by atoms with van der Waals surface area (Å²) < 4.78 is 15.7. The number of carbonyl (C=O) groups excluding carboxylic acids is 1. The number of piperidine rings is 1. The largest absolute Gasteiger partial charge is 0.314 e. The highest BCUT2D eigenvalue weighted by atomic mass is 19.1. The van der Waals surface area contributed by atoms with Crippen molar-refractivity contribution in [1.29, 1.82) is 0 Å². The fourth-order valence-corrected chi connectivity index (χ4v) is 4.71. The van der Waals surface area contributed by atoms with Crippen molar-refractivity contribution >= 4 is 17.2 Å². The van der Waals surface area contributed by atoms with Crippen LogP contribution in [0.3, 0.4) is 0 Å². The van der Waals surface area contributed by atoms with Crippen LogP contribution >= 0.6 is 0 Å². The normalized spacial score (nSPS) is 15.4. The van der Waals surface area contributed by atoms with Crippen LogP contribution in [0.25, 0.3) is 16.6 Å². The number of benzene rings is 2. The summed E-state index contributed by atoms with van der Waals surface area (Å²) in [5, 5.41) is 1.15. The molecule has 1 saturated heterocycles. The van der Waals surface area contributed by atoms with Crippen LogP contribution in [0.4, 0.5) is 4.39 Å². The Labute approximate surface area is 181 Å². The second kappa shape index (κ2) is 8.44. The topological polar surface area (TPSA) is 38.1 Å². The second-order valence-electron chi connectivity index (χ2n) is 8.20. The Balaban J connectivity index is 1.43. The number of fused-ring (bicyclic) bond motifs is 1. The van der Waals surface area contributed by atoms with Crippen molar-refractivity contribution in [3.63, 3.8) is 0 Å².